The smallest absolute Gasteiger partial charge is 0.269 e. The Bertz CT molecular complexity index is 347. The maximum absolute atomic E-state index is 11.3. The molecule has 0 spiro atoms. The third-order valence-corrected chi connectivity index (χ3v) is 2.17. The van der Waals surface area contributed by atoms with Crippen molar-refractivity contribution >= 4 is 11.6 Å². The average molecular weight is 191 g/mol. The van der Waals surface area contributed by atoms with Gasteiger partial charge in [-0.25, -0.2) is 0 Å². The Hall–Kier alpha value is -1.58. The van der Waals surface area contributed by atoms with E-state index in [9.17, 15) is 4.79 Å². The van der Waals surface area contributed by atoms with E-state index in [2.05, 4.69) is 15.6 Å². The molecule has 74 valence electrons. The Labute approximate surface area is 82.7 Å². The van der Waals surface area contributed by atoms with E-state index < -0.39 is 0 Å². The summed E-state index contributed by atoms with van der Waals surface area (Å²) in [6.45, 7) is 0. The largest absolute Gasteiger partial charge is 0.382 e. The predicted molar refractivity (Wildman–Crippen MR) is 54.3 cm³/mol. The van der Waals surface area contributed by atoms with Gasteiger partial charge in [-0.1, -0.05) is 0 Å². The van der Waals surface area contributed by atoms with E-state index in [0.717, 1.165) is 5.69 Å². The molecule has 1 aromatic rings. The molecule has 0 aliphatic heterocycles. The van der Waals surface area contributed by atoms with Crippen molar-refractivity contribution in [2.24, 2.45) is 0 Å². The van der Waals surface area contributed by atoms with Crippen LogP contribution >= 0.6 is 0 Å². The first kappa shape index (κ1) is 8.99. The van der Waals surface area contributed by atoms with E-state index >= 15 is 0 Å². The third-order valence-electron chi connectivity index (χ3n) is 2.17. The number of nitrogens with one attached hydrogen (secondary N) is 2. The summed E-state index contributed by atoms with van der Waals surface area (Å²) in [5.74, 6) is -0.149. The zero-order chi connectivity index (χ0) is 9.97. The van der Waals surface area contributed by atoms with Crippen molar-refractivity contribution in [2.75, 3.05) is 12.4 Å². The molecule has 2 rings (SSSR count). The van der Waals surface area contributed by atoms with Gasteiger partial charge < -0.3 is 10.6 Å². The summed E-state index contributed by atoms with van der Waals surface area (Å²) in [7, 11) is 1.60. The number of amides is 1. The SMILES string of the molecule is CNC(=O)c1cc(NC2CC2)ccn1. The van der Waals surface area contributed by atoms with Crippen LogP contribution in [0.4, 0.5) is 5.69 Å². The Morgan fingerprint density at radius 3 is 3.00 bits per heavy atom. The first-order valence-electron chi connectivity index (χ1n) is 4.74. The van der Waals surface area contributed by atoms with Crippen molar-refractivity contribution in [2.45, 2.75) is 18.9 Å². The molecule has 0 unspecified atom stereocenters. The second-order valence-electron chi connectivity index (χ2n) is 3.43. The molecule has 1 fully saturated rings. The molecular weight excluding hydrogens is 178 g/mol. The van der Waals surface area contributed by atoms with Gasteiger partial charge >= 0.3 is 0 Å². The van der Waals surface area contributed by atoms with E-state index in [1.807, 2.05) is 6.07 Å². The number of pyridine rings is 1. The maximum atomic E-state index is 11.3. The van der Waals surface area contributed by atoms with Crippen LogP contribution in [0.25, 0.3) is 0 Å². The molecule has 0 aromatic carbocycles. The predicted octanol–water partition coefficient (Wildman–Crippen LogP) is 1.02. The molecule has 0 bridgehead atoms. The monoisotopic (exact) mass is 191 g/mol. The van der Waals surface area contributed by atoms with Gasteiger partial charge in [0, 0.05) is 25.0 Å². The summed E-state index contributed by atoms with van der Waals surface area (Å²) in [4.78, 5) is 15.3. The fourth-order valence-electron chi connectivity index (χ4n) is 1.24. The molecule has 4 heteroatoms. The Balaban J connectivity index is 2.12. The summed E-state index contributed by atoms with van der Waals surface area (Å²) in [5, 5.41) is 5.86. The van der Waals surface area contributed by atoms with Crippen molar-refractivity contribution in [3.63, 3.8) is 0 Å². The Kier molecular flexibility index (Phi) is 2.35. The summed E-state index contributed by atoms with van der Waals surface area (Å²) in [6, 6.07) is 4.25. The van der Waals surface area contributed by atoms with Gasteiger partial charge in [0.25, 0.3) is 5.91 Å². The van der Waals surface area contributed by atoms with E-state index in [1.165, 1.54) is 12.8 Å². The van der Waals surface area contributed by atoms with Crippen molar-refractivity contribution < 1.29 is 4.79 Å². The lowest BCUT2D eigenvalue weighted by atomic mass is 10.3. The van der Waals surface area contributed by atoms with E-state index in [4.69, 9.17) is 0 Å². The van der Waals surface area contributed by atoms with Crippen molar-refractivity contribution in [1.29, 1.82) is 0 Å². The lowest BCUT2D eigenvalue weighted by Crippen LogP contribution is -2.19. The van der Waals surface area contributed by atoms with Crippen LogP contribution in [0.2, 0.25) is 0 Å². The summed E-state index contributed by atoms with van der Waals surface area (Å²) < 4.78 is 0. The molecule has 0 atom stereocenters. The number of aromatic nitrogens is 1. The lowest BCUT2D eigenvalue weighted by Gasteiger charge is -2.05. The second-order valence-corrected chi connectivity index (χ2v) is 3.43. The minimum Gasteiger partial charge on any atom is -0.382 e. The van der Waals surface area contributed by atoms with Gasteiger partial charge in [0.05, 0.1) is 0 Å². The first-order chi connectivity index (χ1) is 6.79. The van der Waals surface area contributed by atoms with Gasteiger partial charge in [0.2, 0.25) is 0 Å². The second kappa shape index (κ2) is 3.65. The van der Waals surface area contributed by atoms with Gasteiger partial charge in [0.1, 0.15) is 5.69 Å². The quantitative estimate of drug-likeness (QED) is 0.749. The zero-order valence-corrected chi connectivity index (χ0v) is 8.08. The molecule has 0 saturated heterocycles. The highest BCUT2D eigenvalue weighted by molar-refractivity contribution is 5.92. The van der Waals surface area contributed by atoms with E-state index in [0.29, 0.717) is 11.7 Å². The lowest BCUT2D eigenvalue weighted by molar-refractivity contribution is 0.0958. The van der Waals surface area contributed by atoms with Crippen LogP contribution in [0.1, 0.15) is 23.3 Å². The normalized spacial score (nSPS) is 14.9. The minimum absolute atomic E-state index is 0.149. The zero-order valence-electron chi connectivity index (χ0n) is 8.08. The molecule has 0 radical (unpaired) electrons. The van der Waals surface area contributed by atoms with Gasteiger partial charge in [0.15, 0.2) is 0 Å². The van der Waals surface area contributed by atoms with Crippen LogP contribution in [0.3, 0.4) is 0 Å². The molecule has 2 N–H and O–H groups in total. The number of anilines is 1. The molecule has 1 heterocycles. The molecule has 1 amide bonds. The van der Waals surface area contributed by atoms with Crippen molar-refractivity contribution in [1.82, 2.24) is 10.3 Å². The fourth-order valence-corrected chi connectivity index (χ4v) is 1.24. The topological polar surface area (TPSA) is 54.0 Å². The number of rotatable bonds is 3. The molecular formula is C10H13N3O. The number of hydrogen-bond acceptors (Lipinski definition) is 3. The number of nitrogens with zero attached hydrogens (tertiary/aromatic N) is 1. The van der Waals surface area contributed by atoms with Crippen LogP contribution in [-0.2, 0) is 0 Å². The van der Waals surface area contributed by atoms with Crippen LogP contribution < -0.4 is 10.6 Å². The van der Waals surface area contributed by atoms with Crippen molar-refractivity contribution in [3.05, 3.63) is 24.0 Å². The number of carbonyl (C=O) groups is 1. The van der Waals surface area contributed by atoms with Gasteiger partial charge in [-0.2, -0.15) is 0 Å². The van der Waals surface area contributed by atoms with E-state index in [-0.39, 0.29) is 5.91 Å². The molecule has 4 nitrogen and oxygen atoms in total. The standard InChI is InChI=1S/C10H13N3O/c1-11-10(14)9-6-8(4-5-12-9)13-7-2-3-7/h4-7H,2-3H2,1H3,(H,11,14)(H,12,13). The average Bonchev–Trinajstić information content (AvgIpc) is 3.01. The van der Waals surface area contributed by atoms with Gasteiger partial charge in [-0.05, 0) is 25.0 Å². The Morgan fingerprint density at radius 1 is 1.57 bits per heavy atom. The third kappa shape index (κ3) is 2.02. The maximum Gasteiger partial charge on any atom is 0.269 e. The summed E-state index contributed by atoms with van der Waals surface area (Å²) in [6.07, 6.45) is 4.09. The number of hydrogen-bond donors (Lipinski definition) is 2. The highest BCUT2D eigenvalue weighted by atomic mass is 16.1. The molecule has 1 aliphatic rings. The van der Waals surface area contributed by atoms with Gasteiger partial charge in [-0.15, -0.1) is 0 Å². The first-order valence-corrected chi connectivity index (χ1v) is 4.74. The van der Waals surface area contributed by atoms with Crippen LogP contribution in [0, 0.1) is 0 Å². The van der Waals surface area contributed by atoms with Gasteiger partial charge in [-0.3, -0.25) is 9.78 Å². The van der Waals surface area contributed by atoms with E-state index in [1.54, 1.807) is 19.3 Å². The summed E-state index contributed by atoms with van der Waals surface area (Å²) >= 11 is 0. The van der Waals surface area contributed by atoms with Crippen LogP contribution in [-0.4, -0.2) is 24.0 Å². The minimum atomic E-state index is -0.149. The highest BCUT2D eigenvalue weighted by Gasteiger charge is 2.20. The van der Waals surface area contributed by atoms with Crippen LogP contribution in [0.5, 0.6) is 0 Å². The van der Waals surface area contributed by atoms with Crippen molar-refractivity contribution in [3.8, 4) is 0 Å². The number of carbonyl (C=O) groups excluding carboxylic acids is 1. The Morgan fingerprint density at radius 2 is 2.36 bits per heavy atom. The fraction of sp³-hybridized carbons (Fsp3) is 0.400. The molecule has 14 heavy (non-hydrogen) atoms. The molecule has 1 saturated carbocycles. The molecule has 1 aliphatic carbocycles. The highest BCUT2D eigenvalue weighted by Crippen LogP contribution is 2.24. The molecule has 1 aromatic heterocycles. The summed E-state index contributed by atoms with van der Waals surface area (Å²) in [5.41, 5.74) is 1.43. The van der Waals surface area contributed by atoms with Crippen LogP contribution in [0.15, 0.2) is 18.3 Å².